The molecule has 1 atom stereocenters. The van der Waals surface area contributed by atoms with Gasteiger partial charge in [-0.15, -0.1) is 0 Å². The number of piperidine rings is 1. The summed E-state index contributed by atoms with van der Waals surface area (Å²) in [6.07, 6.45) is 2.15. The minimum atomic E-state index is -0.770. The molecule has 0 spiro atoms. The summed E-state index contributed by atoms with van der Waals surface area (Å²) in [6, 6.07) is 14.8. The van der Waals surface area contributed by atoms with Crippen LogP contribution in [0.1, 0.15) is 18.4 Å². The highest BCUT2D eigenvalue weighted by Crippen LogP contribution is 2.19. The average molecular weight is 302 g/mol. The number of nitrogens with zero attached hydrogens (tertiary/aromatic N) is 1. The lowest BCUT2D eigenvalue weighted by molar-refractivity contribution is 0.205. The van der Waals surface area contributed by atoms with Gasteiger partial charge in [0.2, 0.25) is 0 Å². The maximum absolute atomic E-state index is 13.8. The second kappa shape index (κ2) is 6.88. The van der Waals surface area contributed by atoms with Gasteiger partial charge in [0.15, 0.2) is 11.6 Å². The van der Waals surface area contributed by atoms with Crippen LogP contribution in [0.15, 0.2) is 48.5 Å². The molecule has 2 aromatic rings. The van der Waals surface area contributed by atoms with Crippen molar-refractivity contribution in [1.29, 1.82) is 0 Å². The molecule has 4 heteroatoms. The molecule has 22 heavy (non-hydrogen) atoms. The monoisotopic (exact) mass is 302 g/mol. The Morgan fingerprint density at radius 1 is 1.05 bits per heavy atom. The Morgan fingerprint density at radius 2 is 1.86 bits per heavy atom. The number of rotatable bonds is 4. The molecule has 1 N–H and O–H groups in total. The molecule has 0 aliphatic carbocycles. The zero-order valence-corrected chi connectivity index (χ0v) is 12.4. The van der Waals surface area contributed by atoms with Crippen LogP contribution in [0.5, 0.6) is 0 Å². The van der Waals surface area contributed by atoms with E-state index in [1.165, 1.54) is 0 Å². The predicted molar refractivity (Wildman–Crippen MR) is 84.7 cm³/mol. The van der Waals surface area contributed by atoms with Crippen molar-refractivity contribution in [2.45, 2.75) is 25.4 Å². The Balaban J connectivity index is 1.62. The normalized spacial score (nSPS) is 19.1. The lowest BCUT2D eigenvalue weighted by atomic mass is 10.0. The molecule has 0 saturated carbocycles. The fourth-order valence-electron chi connectivity index (χ4n) is 3.00. The lowest BCUT2D eigenvalue weighted by Gasteiger charge is -2.33. The number of hydrogen-bond donors (Lipinski definition) is 1. The Bertz CT molecular complexity index is 616. The molecule has 0 radical (unpaired) electrons. The van der Waals surface area contributed by atoms with Gasteiger partial charge in [-0.3, -0.25) is 4.90 Å². The Kier molecular flexibility index (Phi) is 4.68. The van der Waals surface area contributed by atoms with Crippen molar-refractivity contribution in [3.05, 3.63) is 65.7 Å². The first kappa shape index (κ1) is 15.0. The van der Waals surface area contributed by atoms with E-state index in [0.717, 1.165) is 37.7 Å². The quantitative estimate of drug-likeness (QED) is 0.917. The zero-order valence-electron chi connectivity index (χ0n) is 12.4. The van der Waals surface area contributed by atoms with Crippen LogP contribution in [0.2, 0.25) is 0 Å². The van der Waals surface area contributed by atoms with Crippen LogP contribution >= 0.6 is 0 Å². The molecule has 1 aliphatic rings. The van der Waals surface area contributed by atoms with E-state index >= 15 is 0 Å². The summed E-state index contributed by atoms with van der Waals surface area (Å²) in [4.78, 5) is 2.18. The molecule has 3 rings (SSSR count). The van der Waals surface area contributed by atoms with Crippen molar-refractivity contribution in [3.8, 4) is 0 Å². The molecule has 0 amide bonds. The number of benzene rings is 2. The van der Waals surface area contributed by atoms with E-state index < -0.39 is 11.6 Å². The number of anilines is 1. The van der Waals surface area contributed by atoms with Crippen LogP contribution in [0.3, 0.4) is 0 Å². The SMILES string of the molecule is Fc1cccc(CN2CCC[C@H](Nc3ccccc3)C2)c1F. The van der Waals surface area contributed by atoms with Crippen molar-refractivity contribution in [2.24, 2.45) is 0 Å². The van der Waals surface area contributed by atoms with E-state index in [4.69, 9.17) is 0 Å². The molecule has 2 nitrogen and oxygen atoms in total. The lowest BCUT2D eigenvalue weighted by Crippen LogP contribution is -2.41. The van der Waals surface area contributed by atoms with Crippen molar-refractivity contribution in [3.63, 3.8) is 0 Å². The van der Waals surface area contributed by atoms with Crippen molar-refractivity contribution >= 4 is 5.69 Å². The van der Waals surface area contributed by atoms with Gasteiger partial charge in [-0.05, 0) is 37.6 Å². The predicted octanol–water partition coefficient (Wildman–Crippen LogP) is 4.04. The fourth-order valence-corrected chi connectivity index (χ4v) is 3.00. The zero-order chi connectivity index (χ0) is 15.4. The van der Waals surface area contributed by atoms with E-state index in [0.29, 0.717) is 18.2 Å². The molecule has 0 unspecified atom stereocenters. The smallest absolute Gasteiger partial charge is 0.163 e. The van der Waals surface area contributed by atoms with Gasteiger partial charge >= 0.3 is 0 Å². The fraction of sp³-hybridized carbons (Fsp3) is 0.333. The summed E-state index contributed by atoms with van der Waals surface area (Å²) in [5.74, 6) is -1.49. The van der Waals surface area contributed by atoms with E-state index in [2.05, 4.69) is 10.2 Å². The van der Waals surface area contributed by atoms with Gasteiger partial charge in [-0.25, -0.2) is 8.78 Å². The Labute approximate surface area is 129 Å². The van der Waals surface area contributed by atoms with Crippen LogP contribution in [0, 0.1) is 11.6 Å². The van der Waals surface area contributed by atoms with Crippen molar-refractivity contribution in [1.82, 2.24) is 4.90 Å². The summed E-state index contributed by atoms with van der Waals surface area (Å²) in [5.41, 5.74) is 1.53. The first-order chi connectivity index (χ1) is 10.7. The minimum absolute atomic E-state index is 0.341. The number of halogens is 2. The van der Waals surface area contributed by atoms with Gasteiger partial charge < -0.3 is 5.32 Å². The van der Waals surface area contributed by atoms with Crippen LogP contribution in [-0.2, 0) is 6.54 Å². The highest BCUT2D eigenvalue weighted by molar-refractivity contribution is 5.43. The van der Waals surface area contributed by atoms with Crippen molar-refractivity contribution < 1.29 is 8.78 Å². The molecule has 2 aromatic carbocycles. The summed E-state index contributed by atoms with van der Waals surface area (Å²) in [5, 5.41) is 3.51. The Morgan fingerprint density at radius 3 is 2.68 bits per heavy atom. The largest absolute Gasteiger partial charge is 0.381 e. The third-order valence-electron chi connectivity index (χ3n) is 4.08. The molecule has 1 heterocycles. The van der Waals surface area contributed by atoms with Gasteiger partial charge in [-0.2, -0.15) is 0 Å². The van der Waals surface area contributed by atoms with Gasteiger partial charge in [0.05, 0.1) is 0 Å². The number of nitrogens with one attached hydrogen (secondary N) is 1. The topological polar surface area (TPSA) is 15.3 Å². The minimum Gasteiger partial charge on any atom is -0.381 e. The van der Waals surface area contributed by atoms with E-state index in [-0.39, 0.29) is 0 Å². The maximum atomic E-state index is 13.8. The van der Waals surface area contributed by atoms with Crippen LogP contribution in [-0.4, -0.2) is 24.0 Å². The van der Waals surface area contributed by atoms with E-state index in [1.807, 2.05) is 30.3 Å². The molecule has 0 bridgehead atoms. The number of hydrogen-bond acceptors (Lipinski definition) is 2. The van der Waals surface area contributed by atoms with Crippen LogP contribution < -0.4 is 5.32 Å². The molecule has 0 aromatic heterocycles. The molecule has 1 fully saturated rings. The molecular formula is C18H20F2N2. The van der Waals surface area contributed by atoms with Gasteiger partial charge in [0.1, 0.15) is 0 Å². The highest BCUT2D eigenvalue weighted by Gasteiger charge is 2.21. The summed E-state index contributed by atoms with van der Waals surface area (Å²) < 4.78 is 27.1. The van der Waals surface area contributed by atoms with Crippen LogP contribution in [0.25, 0.3) is 0 Å². The summed E-state index contributed by atoms with van der Waals surface area (Å²) >= 11 is 0. The second-order valence-electron chi connectivity index (χ2n) is 5.80. The highest BCUT2D eigenvalue weighted by atomic mass is 19.2. The van der Waals surface area contributed by atoms with Crippen molar-refractivity contribution in [2.75, 3.05) is 18.4 Å². The van der Waals surface area contributed by atoms with Gasteiger partial charge in [0.25, 0.3) is 0 Å². The number of likely N-dealkylation sites (tertiary alicyclic amines) is 1. The third kappa shape index (κ3) is 3.63. The first-order valence-electron chi connectivity index (χ1n) is 7.69. The van der Waals surface area contributed by atoms with E-state index in [1.54, 1.807) is 12.1 Å². The molecule has 1 saturated heterocycles. The first-order valence-corrected chi connectivity index (χ1v) is 7.69. The summed E-state index contributed by atoms with van der Waals surface area (Å²) in [6.45, 7) is 2.21. The van der Waals surface area contributed by atoms with Gasteiger partial charge in [-0.1, -0.05) is 30.3 Å². The maximum Gasteiger partial charge on any atom is 0.163 e. The third-order valence-corrected chi connectivity index (χ3v) is 4.08. The average Bonchev–Trinajstić information content (AvgIpc) is 2.53. The second-order valence-corrected chi connectivity index (χ2v) is 5.80. The molecular weight excluding hydrogens is 282 g/mol. The van der Waals surface area contributed by atoms with Gasteiger partial charge in [0, 0.05) is 30.4 Å². The number of para-hydroxylation sites is 1. The Hall–Kier alpha value is -1.94. The summed E-state index contributed by atoms with van der Waals surface area (Å²) in [7, 11) is 0. The van der Waals surface area contributed by atoms with Crippen LogP contribution in [0.4, 0.5) is 14.5 Å². The molecule has 1 aliphatic heterocycles. The molecule has 116 valence electrons. The standard InChI is InChI=1S/C18H20F2N2/c19-17-10-4-6-14(18(17)20)12-22-11-5-9-16(13-22)21-15-7-2-1-3-8-15/h1-4,6-8,10,16,21H,5,9,11-13H2/t16-/m0/s1. The van der Waals surface area contributed by atoms with E-state index in [9.17, 15) is 8.78 Å².